The van der Waals surface area contributed by atoms with Gasteiger partial charge in [0.1, 0.15) is 11.6 Å². The van der Waals surface area contributed by atoms with E-state index in [0.717, 1.165) is 6.42 Å². The first-order chi connectivity index (χ1) is 6.24. The highest BCUT2D eigenvalue weighted by atomic mass is 15.3. The first-order valence-corrected chi connectivity index (χ1v) is 5.17. The maximum absolute atomic E-state index is 4.25. The minimum absolute atomic E-state index is 0.494. The van der Waals surface area contributed by atoms with Crippen molar-refractivity contribution in [2.75, 3.05) is 0 Å². The van der Waals surface area contributed by atoms with Gasteiger partial charge in [-0.3, -0.25) is 0 Å². The molecule has 1 aliphatic heterocycles. The Bertz CT molecular complexity index is 301. The number of hydrogen-bond acceptors (Lipinski definition) is 2. The van der Waals surface area contributed by atoms with E-state index in [-0.39, 0.29) is 0 Å². The summed E-state index contributed by atoms with van der Waals surface area (Å²) in [5.41, 5.74) is 0. The van der Waals surface area contributed by atoms with Crippen LogP contribution in [0.1, 0.15) is 57.2 Å². The van der Waals surface area contributed by atoms with Crippen LogP contribution in [0.15, 0.2) is 0 Å². The van der Waals surface area contributed by atoms with Crippen LogP contribution >= 0.6 is 0 Å². The molecule has 1 aromatic heterocycles. The zero-order valence-corrected chi connectivity index (χ0v) is 8.62. The average molecular weight is 179 g/mol. The second-order valence-corrected chi connectivity index (χ2v) is 4.10. The third-order valence-electron chi connectivity index (χ3n) is 2.85. The second-order valence-electron chi connectivity index (χ2n) is 4.10. The van der Waals surface area contributed by atoms with Gasteiger partial charge in [0, 0.05) is 18.4 Å². The van der Waals surface area contributed by atoms with Gasteiger partial charge >= 0.3 is 0 Å². The normalized spacial score (nSPS) is 21.1. The number of aromatic nitrogens is 3. The lowest BCUT2D eigenvalue weighted by Crippen LogP contribution is -2.08. The SMILES string of the molecule is CC[C@@H]1CCc2nnc(C(C)C)n21. The van der Waals surface area contributed by atoms with Crippen LogP contribution < -0.4 is 0 Å². The van der Waals surface area contributed by atoms with Gasteiger partial charge < -0.3 is 4.57 Å². The fraction of sp³-hybridized carbons (Fsp3) is 0.800. The monoisotopic (exact) mass is 179 g/mol. The van der Waals surface area contributed by atoms with Gasteiger partial charge in [0.05, 0.1) is 0 Å². The molecule has 0 N–H and O–H groups in total. The van der Waals surface area contributed by atoms with Crippen LogP contribution in [0.3, 0.4) is 0 Å². The summed E-state index contributed by atoms with van der Waals surface area (Å²) >= 11 is 0. The van der Waals surface area contributed by atoms with Gasteiger partial charge in [-0.15, -0.1) is 10.2 Å². The van der Waals surface area contributed by atoms with Crippen molar-refractivity contribution in [1.82, 2.24) is 14.8 Å². The predicted octanol–water partition coefficient (Wildman–Crippen LogP) is 2.30. The maximum atomic E-state index is 4.25. The zero-order valence-electron chi connectivity index (χ0n) is 8.62. The highest BCUT2D eigenvalue weighted by molar-refractivity contribution is 5.07. The first kappa shape index (κ1) is 8.73. The van der Waals surface area contributed by atoms with Crippen LogP contribution in [0, 0.1) is 0 Å². The number of hydrogen-bond donors (Lipinski definition) is 0. The van der Waals surface area contributed by atoms with E-state index in [0.29, 0.717) is 12.0 Å². The number of nitrogens with zero attached hydrogens (tertiary/aromatic N) is 3. The molecule has 3 nitrogen and oxygen atoms in total. The summed E-state index contributed by atoms with van der Waals surface area (Å²) in [5.74, 6) is 2.85. The number of rotatable bonds is 2. The fourth-order valence-corrected chi connectivity index (χ4v) is 2.11. The molecule has 3 heteroatoms. The average Bonchev–Trinajstić information content (AvgIpc) is 2.61. The van der Waals surface area contributed by atoms with Crippen LogP contribution in [-0.4, -0.2) is 14.8 Å². The van der Waals surface area contributed by atoms with Crippen LogP contribution in [-0.2, 0) is 6.42 Å². The minimum atomic E-state index is 0.494. The largest absolute Gasteiger partial charge is 0.312 e. The summed E-state index contributed by atoms with van der Waals surface area (Å²) in [4.78, 5) is 0. The predicted molar refractivity (Wildman–Crippen MR) is 51.8 cm³/mol. The molecule has 2 rings (SSSR count). The summed E-state index contributed by atoms with van der Waals surface area (Å²) in [5, 5.41) is 8.48. The molecule has 0 aliphatic carbocycles. The van der Waals surface area contributed by atoms with Crippen molar-refractivity contribution >= 4 is 0 Å². The molecule has 72 valence electrons. The van der Waals surface area contributed by atoms with Crippen molar-refractivity contribution in [1.29, 1.82) is 0 Å². The highest BCUT2D eigenvalue weighted by Crippen LogP contribution is 2.30. The van der Waals surface area contributed by atoms with Crippen molar-refractivity contribution in [2.24, 2.45) is 0 Å². The summed E-state index contributed by atoms with van der Waals surface area (Å²) in [6.45, 7) is 6.61. The van der Waals surface area contributed by atoms with Crippen molar-refractivity contribution in [3.63, 3.8) is 0 Å². The number of fused-ring (bicyclic) bond motifs is 1. The van der Waals surface area contributed by atoms with E-state index >= 15 is 0 Å². The van der Waals surface area contributed by atoms with Crippen molar-refractivity contribution in [3.05, 3.63) is 11.6 Å². The van der Waals surface area contributed by atoms with E-state index in [2.05, 4.69) is 35.5 Å². The molecule has 13 heavy (non-hydrogen) atoms. The van der Waals surface area contributed by atoms with Gasteiger partial charge in [-0.05, 0) is 12.8 Å². The van der Waals surface area contributed by atoms with E-state index in [1.165, 1.54) is 24.5 Å². The number of aryl methyl sites for hydroxylation is 1. The molecule has 0 radical (unpaired) electrons. The molecule has 0 bridgehead atoms. The second kappa shape index (κ2) is 3.13. The Kier molecular flexibility index (Phi) is 2.10. The van der Waals surface area contributed by atoms with E-state index in [4.69, 9.17) is 0 Å². The lowest BCUT2D eigenvalue weighted by Gasteiger charge is -2.14. The molecular weight excluding hydrogens is 162 g/mol. The smallest absolute Gasteiger partial charge is 0.135 e. The zero-order chi connectivity index (χ0) is 9.42. The van der Waals surface area contributed by atoms with Crippen LogP contribution in [0.5, 0.6) is 0 Å². The van der Waals surface area contributed by atoms with Gasteiger partial charge in [0.25, 0.3) is 0 Å². The van der Waals surface area contributed by atoms with Crippen molar-refractivity contribution in [3.8, 4) is 0 Å². The van der Waals surface area contributed by atoms with E-state index < -0.39 is 0 Å². The van der Waals surface area contributed by atoms with Gasteiger partial charge in [-0.25, -0.2) is 0 Å². The summed E-state index contributed by atoms with van der Waals surface area (Å²) in [6.07, 6.45) is 3.56. The van der Waals surface area contributed by atoms with E-state index in [9.17, 15) is 0 Å². The minimum Gasteiger partial charge on any atom is -0.312 e. The Hall–Kier alpha value is -0.860. The van der Waals surface area contributed by atoms with Crippen molar-refractivity contribution in [2.45, 2.75) is 52.0 Å². The lowest BCUT2D eigenvalue weighted by atomic mass is 10.1. The van der Waals surface area contributed by atoms with Crippen LogP contribution in [0.25, 0.3) is 0 Å². The van der Waals surface area contributed by atoms with Crippen molar-refractivity contribution < 1.29 is 0 Å². The molecular formula is C10H17N3. The molecule has 0 unspecified atom stereocenters. The fourth-order valence-electron chi connectivity index (χ4n) is 2.11. The summed E-state index contributed by atoms with van der Waals surface area (Å²) in [6, 6.07) is 0.655. The molecule has 0 saturated carbocycles. The van der Waals surface area contributed by atoms with Gasteiger partial charge in [0.2, 0.25) is 0 Å². The molecule has 1 aliphatic rings. The van der Waals surface area contributed by atoms with Gasteiger partial charge in [-0.2, -0.15) is 0 Å². The Labute approximate surface area is 79.2 Å². The molecule has 0 aromatic carbocycles. The Morgan fingerprint density at radius 3 is 2.85 bits per heavy atom. The Morgan fingerprint density at radius 1 is 1.46 bits per heavy atom. The van der Waals surface area contributed by atoms with Gasteiger partial charge in [-0.1, -0.05) is 20.8 Å². The van der Waals surface area contributed by atoms with E-state index in [1.54, 1.807) is 0 Å². The molecule has 2 heterocycles. The van der Waals surface area contributed by atoms with Crippen LogP contribution in [0.4, 0.5) is 0 Å². The Balaban J connectivity index is 2.40. The Morgan fingerprint density at radius 2 is 2.23 bits per heavy atom. The van der Waals surface area contributed by atoms with Gasteiger partial charge in [0.15, 0.2) is 0 Å². The topological polar surface area (TPSA) is 30.7 Å². The third-order valence-corrected chi connectivity index (χ3v) is 2.85. The van der Waals surface area contributed by atoms with E-state index in [1.807, 2.05) is 0 Å². The summed E-state index contributed by atoms with van der Waals surface area (Å²) in [7, 11) is 0. The van der Waals surface area contributed by atoms with Crippen LogP contribution in [0.2, 0.25) is 0 Å². The molecule has 0 saturated heterocycles. The molecule has 0 fully saturated rings. The summed E-state index contributed by atoms with van der Waals surface area (Å²) < 4.78 is 2.35. The third kappa shape index (κ3) is 1.26. The molecule has 1 atom stereocenters. The maximum Gasteiger partial charge on any atom is 0.135 e. The highest BCUT2D eigenvalue weighted by Gasteiger charge is 2.26. The molecule has 1 aromatic rings. The molecule has 0 amide bonds. The standard InChI is InChI=1S/C10H17N3/c1-4-8-5-6-9-11-12-10(7(2)3)13(8)9/h7-8H,4-6H2,1-3H3/t8-/m1/s1. The first-order valence-electron chi connectivity index (χ1n) is 5.17. The quantitative estimate of drug-likeness (QED) is 0.697. The lowest BCUT2D eigenvalue weighted by molar-refractivity contribution is 0.482. The molecule has 0 spiro atoms.